The second-order valence-electron chi connectivity index (χ2n) is 5.81. The van der Waals surface area contributed by atoms with E-state index in [-0.39, 0.29) is 6.61 Å². The molecule has 2 unspecified atom stereocenters. The van der Waals surface area contributed by atoms with Gasteiger partial charge in [-0.3, -0.25) is 0 Å². The van der Waals surface area contributed by atoms with E-state index in [1.165, 1.54) is 17.7 Å². The van der Waals surface area contributed by atoms with Gasteiger partial charge in [0.1, 0.15) is 0 Å². The third kappa shape index (κ3) is 3.48. The molecule has 0 bridgehead atoms. The third-order valence-corrected chi connectivity index (χ3v) is 4.08. The summed E-state index contributed by atoms with van der Waals surface area (Å²) < 4.78 is 0. The molecule has 3 nitrogen and oxygen atoms in total. The van der Waals surface area contributed by atoms with Crippen LogP contribution in [0.4, 0.5) is 5.69 Å². The van der Waals surface area contributed by atoms with Crippen molar-refractivity contribution in [2.75, 3.05) is 31.6 Å². The molecule has 0 radical (unpaired) electrons. The van der Waals surface area contributed by atoms with E-state index in [2.05, 4.69) is 55.0 Å². The van der Waals surface area contributed by atoms with Crippen molar-refractivity contribution in [2.45, 2.75) is 38.8 Å². The number of nitrogens with zero attached hydrogens (tertiary/aromatic N) is 2. The molecule has 1 N–H and O–H groups in total. The van der Waals surface area contributed by atoms with Crippen molar-refractivity contribution in [3.05, 3.63) is 29.8 Å². The quantitative estimate of drug-likeness (QED) is 0.905. The Morgan fingerprint density at radius 2 is 2.16 bits per heavy atom. The van der Waals surface area contributed by atoms with E-state index in [1.54, 1.807) is 0 Å². The van der Waals surface area contributed by atoms with Crippen molar-refractivity contribution in [1.82, 2.24) is 4.90 Å². The summed E-state index contributed by atoms with van der Waals surface area (Å²) in [5.41, 5.74) is 2.59. The van der Waals surface area contributed by atoms with E-state index in [0.717, 1.165) is 19.5 Å². The summed E-state index contributed by atoms with van der Waals surface area (Å²) in [6, 6.07) is 9.63. The maximum atomic E-state index is 9.36. The highest BCUT2D eigenvalue weighted by Gasteiger charge is 2.28. The molecule has 0 aromatic heterocycles. The largest absolute Gasteiger partial charge is 0.396 e. The molecule has 0 amide bonds. The van der Waals surface area contributed by atoms with Crippen LogP contribution in [0, 0.1) is 6.92 Å². The van der Waals surface area contributed by atoms with Gasteiger partial charge in [-0.25, -0.2) is 0 Å². The Hall–Kier alpha value is -1.06. The van der Waals surface area contributed by atoms with Crippen LogP contribution in [0.1, 0.15) is 25.3 Å². The Balaban J connectivity index is 2.30. The molecule has 1 fully saturated rings. The summed E-state index contributed by atoms with van der Waals surface area (Å²) in [4.78, 5) is 4.89. The van der Waals surface area contributed by atoms with Crippen molar-refractivity contribution < 1.29 is 5.11 Å². The lowest BCUT2D eigenvalue weighted by Crippen LogP contribution is -2.44. The minimum absolute atomic E-state index is 0.257. The third-order valence-electron chi connectivity index (χ3n) is 4.08. The van der Waals surface area contributed by atoms with Crippen LogP contribution in [0.5, 0.6) is 0 Å². The highest BCUT2D eigenvalue weighted by Crippen LogP contribution is 2.26. The van der Waals surface area contributed by atoms with Crippen LogP contribution in [-0.2, 0) is 0 Å². The number of rotatable bonds is 3. The molecular formula is C16H26N2O. The minimum Gasteiger partial charge on any atom is -0.396 e. The zero-order valence-electron chi connectivity index (χ0n) is 12.3. The summed E-state index contributed by atoms with van der Waals surface area (Å²) in [6.07, 6.45) is 2.01. The predicted octanol–water partition coefficient (Wildman–Crippen LogP) is 2.28. The first-order valence-electron chi connectivity index (χ1n) is 7.26. The number of hydrogen-bond acceptors (Lipinski definition) is 3. The lowest BCUT2D eigenvalue weighted by Gasteiger charge is -2.37. The Kier molecular flexibility index (Phi) is 4.83. The lowest BCUT2D eigenvalue weighted by molar-refractivity contribution is 0.252. The molecule has 1 saturated heterocycles. The summed E-state index contributed by atoms with van der Waals surface area (Å²) in [6.45, 7) is 6.85. The first-order valence-corrected chi connectivity index (χ1v) is 7.26. The molecule has 3 heteroatoms. The van der Waals surface area contributed by atoms with E-state index in [0.29, 0.717) is 12.1 Å². The molecule has 2 rings (SSSR count). The van der Waals surface area contributed by atoms with Crippen LogP contribution in [0.3, 0.4) is 0 Å². The van der Waals surface area contributed by atoms with Crippen LogP contribution in [0.2, 0.25) is 0 Å². The molecule has 1 aliphatic heterocycles. The van der Waals surface area contributed by atoms with Gasteiger partial charge >= 0.3 is 0 Å². The number of likely N-dealkylation sites (N-methyl/N-ethyl adjacent to an activating group) is 1. The van der Waals surface area contributed by atoms with E-state index in [9.17, 15) is 5.11 Å². The zero-order chi connectivity index (χ0) is 13.8. The van der Waals surface area contributed by atoms with Crippen LogP contribution < -0.4 is 4.90 Å². The van der Waals surface area contributed by atoms with Gasteiger partial charge < -0.3 is 14.9 Å². The number of hydrogen-bond donors (Lipinski definition) is 1. The van der Waals surface area contributed by atoms with Gasteiger partial charge in [0.25, 0.3) is 0 Å². The molecule has 0 saturated carbocycles. The van der Waals surface area contributed by atoms with Gasteiger partial charge in [-0.1, -0.05) is 12.1 Å². The Labute approximate surface area is 116 Å². The van der Waals surface area contributed by atoms with Crippen molar-refractivity contribution in [3.8, 4) is 0 Å². The fourth-order valence-electron chi connectivity index (χ4n) is 3.08. The van der Waals surface area contributed by atoms with Crippen molar-refractivity contribution in [3.63, 3.8) is 0 Å². The van der Waals surface area contributed by atoms with Gasteiger partial charge in [-0.2, -0.15) is 0 Å². The normalized spacial score (nSPS) is 25.4. The van der Waals surface area contributed by atoms with Gasteiger partial charge in [0, 0.05) is 30.9 Å². The highest BCUT2D eigenvalue weighted by atomic mass is 16.3. The van der Waals surface area contributed by atoms with Crippen molar-refractivity contribution in [2.24, 2.45) is 0 Å². The van der Waals surface area contributed by atoms with E-state index >= 15 is 0 Å². The second-order valence-corrected chi connectivity index (χ2v) is 5.81. The molecular weight excluding hydrogens is 236 g/mol. The number of benzene rings is 1. The first kappa shape index (κ1) is 14.4. The van der Waals surface area contributed by atoms with Gasteiger partial charge in [-0.15, -0.1) is 0 Å². The Morgan fingerprint density at radius 1 is 1.37 bits per heavy atom. The summed E-state index contributed by atoms with van der Waals surface area (Å²) in [5, 5.41) is 9.36. The monoisotopic (exact) mass is 262 g/mol. The molecule has 2 atom stereocenters. The predicted molar refractivity (Wildman–Crippen MR) is 80.7 cm³/mol. The maximum Gasteiger partial charge on any atom is 0.0451 e. The van der Waals surface area contributed by atoms with Crippen molar-refractivity contribution in [1.29, 1.82) is 0 Å². The molecule has 1 heterocycles. The van der Waals surface area contributed by atoms with Gasteiger partial charge in [0.2, 0.25) is 0 Å². The van der Waals surface area contributed by atoms with Crippen LogP contribution >= 0.6 is 0 Å². The Bertz CT molecular complexity index is 407. The zero-order valence-corrected chi connectivity index (χ0v) is 12.3. The topological polar surface area (TPSA) is 26.7 Å². The molecule has 1 aliphatic rings. The fourth-order valence-corrected chi connectivity index (χ4v) is 3.08. The summed E-state index contributed by atoms with van der Waals surface area (Å²) in [7, 11) is 2.18. The highest BCUT2D eigenvalue weighted by molar-refractivity contribution is 5.50. The fraction of sp³-hybridized carbons (Fsp3) is 0.625. The number of aliphatic hydroxyl groups is 1. The second kappa shape index (κ2) is 6.40. The van der Waals surface area contributed by atoms with Crippen LogP contribution in [0.25, 0.3) is 0 Å². The van der Waals surface area contributed by atoms with Gasteiger partial charge in [-0.05, 0) is 58.0 Å². The number of aryl methyl sites for hydroxylation is 1. The summed E-state index contributed by atoms with van der Waals surface area (Å²) >= 11 is 0. The average molecular weight is 262 g/mol. The average Bonchev–Trinajstić information content (AvgIpc) is 2.49. The molecule has 19 heavy (non-hydrogen) atoms. The van der Waals surface area contributed by atoms with E-state index in [1.807, 2.05) is 0 Å². The molecule has 1 aromatic rings. The lowest BCUT2D eigenvalue weighted by atomic mass is 10.1. The SMILES string of the molecule is Cc1cccc(N2C(C)CCN(C)CC2CCO)c1. The van der Waals surface area contributed by atoms with Gasteiger partial charge in [0.15, 0.2) is 0 Å². The van der Waals surface area contributed by atoms with Crippen LogP contribution in [-0.4, -0.2) is 48.8 Å². The maximum absolute atomic E-state index is 9.36. The minimum atomic E-state index is 0.257. The first-order chi connectivity index (χ1) is 9.11. The van der Waals surface area contributed by atoms with Crippen molar-refractivity contribution >= 4 is 5.69 Å². The molecule has 1 aromatic carbocycles. The number of anilines is 1. The molecule has 106 valence electrons. The summed E-state index contributed by atoms with van der Waals surface area (Å²) in [5.74, 6) is 0. The Morgan fingerprint density at radius 3 is 2.84 bits per heavy atom. The molecule has 0 spiro atoms. The van der Waals surface area contributed by atoms with Crippen LogP contribution in [0.15, 0.2) is 24.3 Å². The standard InChI is InChI=1S/C16H26N2O/c1-13-5-4-6-15(11-13)18-14(2)7-9-17(3)12-16(18)8-10-19/h4-6,11,14,16,19H,7-10,12H2,1-3H3. The van der Waals surface area contributed by atoms with E-state index < -0.39 is 0 Å². The van der Waals surface area contributed by atoms with Gasteiger partial charge in [0.05, 0.1) is 0 Å². The smallest absolute Gasteiger partial charge is 0.0451 e. The van der Waals surface area contributed by atoms with E-state index in [4.69, 9.17) is 0 Å². The molecule has 0 aliphatic carbocycles. The number of aliphatic hydroxyl groups excluding tert-OH is 1.